The Hall–Kier alpha value is -2.00. The molecule has 31 heavy (non-hydrogen) atoms. The van der Waals surface area contributed by atoms with Crippen molar-refractivity contribution in [3.63, 3.8) is 0 Å². The Morgan fingerprint density at radius 3 is 2.58 bits per heavy atom. The SMILES string of the molecule is O=C(O)C1=C(C(=O)Cc2sc3c(c2-c2nc(C4CC4)ns2)CCC(F)(F)C3)CCCC1. The van der Waals surface area contributed by atoms with E-state index in [-0.39, 0.29) is 37.0 Å². The van der Waals surface area contributed by atoms with Crippen LogP contribution in [-0.2, 0) is 28.9 Å². The molecule has 0 bridgehead atoms. The second kappa shape index (κ2) is 7.85. The number of halogens is 2. The molecule has 1 fully saturated rings. The van der Waals surface area contributed by atoms with E-state index in [0.717, 1.165) is 42.6 Å². The van der Waals surface area contributed by atoms with Crippen LogP contribution in [0.5, 0.6) is 0 Å². The molecule has 0 aromatic carbocycles. The molecule has 2 aromatic rings. The van der Waals surface area contributed by atoms with Gasteiger partial charge in [0.25, 0.3) is 5.92 Å². The van der Waals surface area contributed by atoms with Gasteiger partial charge < -0.3 is 5.11 Å². The summed E-state index contributed by atoms with van der Waals surface area (Å²) in [7, 11) is 0. The van der Waals surface area contributed by atoms with E-state index in [4.69, 9.17) is 4.98 Å². The summed E-state index contributed by atoms with van der Waals surface area (Å²) in [4.78, 5) is 30.8. The van der Waals surface area contributed by atoms with Gasteiger partial charge >= 0.3 is 5.97 Å². The highest BCUT2D eigenvalue weighted by Crippen LogP contribution is 2.47. The maximum atomic E-state index is 14.1. The number of carbonyl (C=O) groups excluding carboxylic acids is 1. The van der Waals surface area contributed by atoms with Crippen molar-refractivity contribution in [1.29, 1.82) is 0 Å². The lowest BCUT2D eigenvalue weighted by atomic mass is 9.87. The second-order valence-electron chi connectivity index (χ2n) is 8.64. The van der Waals surface area contributed by atoms with Gasteiger partial charge in [-0.05, 0) is 62.0 Å². The second-order valence-corrected chi connectivity index (χ2v) is 10.6. The minimum Gasteiger partial charge on any atom is -0.478 e. The highest BCUT2D eigenvalue weighted by atomic mass is 32.1. The lowest BCUT2D eigenvalue weighted by molar-refractivity contribution is -0.133. The highest BCUT2D eigenvalue weighted by Gasteiger charge is 2.39. The number of thiophene rings is 1. The molecule has 0 radical (unpaired) electrons. The highest BCUT2D eigenvalue weighted by molar-refractivity contribution is 7.14. The quantitative estimate of drug-likeness (QED) is 0.625. The third kappa shape index (κ3) is 4.09. The fraction of sp³-hybridized carbons (Fsp3) is 0.545. The molecule has 9 heteroatoms. The average Bonchev–Trinajstić information content (AvgIpc) is 3.36. The number of allylic oxidation sites excluding steroid dienone is 1. The Balaban J connectivity index is 1.53. The summed E-state index contributed by atoms with van der Waals surface area (Å²) in [6.07, 6.45) is 4.32. The van der Waals surface area contributed by atoms with Crippen molar-refractivity contribution in [2.24, 2.45) is 0 Å². The maximum Gasteiger partial charge on any atom is 0.331 e. The Morgan fingerprint density at radius 2 is 1.87 bits per heavy atom. The molecule has 0 amide bonds. The average molecular weight is 465 g/mol. The van der Waals surface area contributed by atoms with Crippen LogP contribution in [0.1, 0.15) is 72.0 Å². The van der Waals surface area contributed by atoms with Crippen LogP contribution in [0.15, 0.2) is 11.1 Å². The minimum atomic E-state index is -2.74. The molecular weight excluding hydrogens is 442 g/mol. The molecule has 0 aliphatic heterocycles. The van der Waals surface area contributed by atoms with Crippen LogP contribution in [0.4, 0.5) is 8.78 Å². The number of aliphatic carboxylic acids is 1. The summed E-state index contributed by atoms with van der Waals surface area (Å²) in [5.74, 6) is -2.79. The Kier molecular flexibility index (Phi) is 5.29. The number of Topliss-reactive ketones (excluding diaryl/α,β-unsaturated/α-hetero) is 1. The fourth-order valence-electron chi connectivity index (χ4n) is 4.53. The topological polar surface area (TPSA) is 80.1 Å². The Labute approximate surface area is 186 Å². The number of nitrogens with zero attached hydrogens (tertiary/aromatic N) is 2. The molecule has 0 unspecified atom stereocenters. The lowest BCUT2D eigenvalue weighted by Gasteiger charge is -2.22. The normalized spacial score (nSPS) is 20.6. The van der Waals surface area contributed by atoms with E-state index in [0.29, 0.717) is 39.1 Å². The first kappa shape index (κ1) is 20.9. The number of hydrogen-bond acceptors (Lipinski definition) is 6. The van der Waals surface area contributed by atoms with Crippen molar-refractivity contribution in [3.8, 4) is 10.6 Å². The summed E-state index contributed by atoms with van der Waals surface area (Å²) in [5.41, 5.74) is 2.25. The zero-order valence-corrected chi connectivity index (χ0v) is 18.5. The first-order valence-electron chi connectivity index (χ1n) is 10.7. The number of carboxylic acid groups (broad SMARTS) is 1. The first-order valence-corrected chi connectivity index (χ1v) is 12.2. The van der Waals surface area contributed by atoms with Gasteiger partial charge in [0, 0.05) is 51.6 Å². The molecule has 5 nitrogen and oxygen atoms in total. The molecule has 164 valence electrons. The van der Waals surface area contributed by atoms with E-state index in [1.807, 2.05) is 0 Å². The van der Waals surface area contributed by atoms with Gasteiger partial charge in [-0.3, -0.25) is 4.79 Å². The van der Waals surface area contributed by atoms with E-state index >= 15 is 0 Å². The van der Waals surface area contributed by atoms with Crippen molar-refractivity contribution >= 4 is 34.6 Å². The van der Waals surface area contributed by atoms with Crippen LogP contribution >= 0.6 is 22.9 Å². The monoisotopic (exact) mass is 464 g/mol. The lowest BCUT2D eigenvalue weighted by Crippen LogP contribution is -2.24. The molecule has 2 aromatic heterocycles. The zero-order chi connectivity index (χ0) is 21.8. The van der Waals surface area contributed by atoms with Gasteiger partial charge in [0.2, 0.25) is 0 Å². The largest absolute Gasteiger partial charge is 0.478 e. The van der Waals surface area contributed by atoms with E-state index < -0.39 is 11.9 Å². The predicted octanol–water partition coefficient (Wildman–Crippen LogP) is 5.33. The van der Waals surface area contributed by atoms with Gasteiger partial charge in [0.15, 0.2) is 5.78 Å². The molecule has 0 atom stereocenters. The number of ketones is 1. The van der Waals surface area contributed by atoms with Gasteiger partial charge in [0.05, 0.1) is 0 Å². The number of carbonyl (C=O) groups is 2. The molecule has 5 rings (SSSR count). The van der Waals surface area contributed by atoms with Crippen LogP contribution in [0.2, 0.25) is 0 Å². The zero-order valence-electron chi connectivity index (χ0n) is 16.9. The van der Waals surface area contributed by atoms with Gasteiger partial charge in [0.1, 0.15) is 10.8 Å². The van der Waals surface area contributed by atoms with Crippen molar-refractivity contribution in [3.05, 3.63) is 32.3 Å². The first-order chi connectivity index (χ1) is 14.8. The third-order valence-corrected chi connectivity index (χ3v) is 8.28. The van der Waals surface area contributed by atoms with Crippen LogP contribution < -0.4 is 0 Å². The van der Waals surface area contributed by atoms with Gasteiger partial charge in [-0.2, -0.15) is 4.37 Å². The Morgan fingerprint density at radius 1 is 1.13 bits per heavy atom. The number of fused-ring (bicyclic) bond motifs is 1. The van der Waals surface area contributed by atoms with E-state index in [2.05, 4.69) is 4.37 Å². The third-order valence-electron chi connectivity index (χ3n) is 6.31. The van der Waals surface area contributed by atoms with Crippen molar-refractivity contribution < 1.29 is 23.5 Å². The summed E-state index contributed by atoms with van der Waals surface area (Å²) in [6, 6.07) is 0. The molecule has 2 heterocycles. The number of carboxylic acids is 1. The maximum absolute atomic E-state index is 14.1. The van der Waals surface area contributed by atoms with Gasteiger partial charge in [-0.1, -0.05) is 0 Å². The summed E-state index contributed by atoms with van der Waals surface area (Å²) in [6.45, 7) is 0. The number of rotatable bonds is 6. The van der Waals surface area contributed by atoms with E-state index in [9.17, 15) is 23.5 Å². The van der Waals surface area contributed by atoms with Gasteiger partial charge in [-0.15, -0.1) is 11.3 Å². The smallest absolute Gasteiger partial charge is 0.331 e. The minimum absolute atomic E-state index is 0.0308. The van der Waals surface area contributed by atoms with Crippen LogP contribution in [0.25, 0.3) is 10.6 Å². The Bertz CT molecular complexity index is 1100. The number of alkyl halides is 2. The van der Waals surface area contributed by atoms with Crippen molar-refractivity contribution in [2.45, 2.75) is 76.0 Å². The summed E-state index contributed by atoms with van der Waals surface area (Å²) in [5, 5.41) is 10.2. The molecular formula is C22H22F2N2O3S2. The standard InChI is InChI=1S/C22H22F2N2O3S2/c23-22(24)8-7-14-17(10-22)30-16(18(14)20-25-19(26-31-20)11-5-6-11)9-15(27)12-3-1-2-4-13(12)21(28)29/h11H,1-10H2,(H,28,29). The van der Waals surface area contributed by atoms with E-state index in [1.165, 1.54) is 22.9 Å². The van der Waals surface area contributed by atoms with Gasteiger partial charge in [-0.25, -0.2) is 18.6 Å². The van der Waals surface area contributed by atoms with Crippen LogP contribution in [0, 0.1) is 0 Å². The number of aromatic nitrogens is 2. The molecule has 1 saturated carbocycles. The molecule has 0 spiro atoms. The van der Waals surface area contributed by atoms with Crippen LogP contribution in [0.3, 0.4) is 0 Å². The fourth-order valence-corrected chi connectivity index (χ4v) is 6.87. The number of hydrogen-bond donors (Lipinski definition) is 1. The molecule has 0 saturated heterocycles. The molecule has 3 aliphatic carbocycles. The van der Waals surface area contributed by atoms with Crippen molar-refractivity contribution in [1.82, 2.24) is 9.36 Å². The van der Waals surface area contributed by atoms with Crippen LogP contribution in [-0.4, -0.2) is 32.1 Å². The molecule has 3 aliphatic rings. The summed E-state index contributed by atoms with van der Waals surface area (Å²) < 4.78 is 32.6. The van der Waals surface area contributed by atoms with E-state index in [1.54, 1.807) is 0 Å². The van der Waals surface area contributed by atoms with Crippen molar-refractivity contribution in [2.75, 3.05) is 0 Å². The predicted molar refractivity (Wildman–Crippen MR) is 114 cm³/mol. The molecule has 1 N–H and O–H groups in total. The summed E-state index contributed by atoms with van der Waals surface area (Å²) >= 11 is 2.53.